The summed E-state index contributed by atoms with van der Waals surface area (Å²) in [5, 5.41) is 1.03. The average Bonchev–Trinajstić information content (AvgIpc) is 2.50. The second kappa shape index (κ2) is 7.82. The molecule has 0 aliphatic heterocycles. The van der Waals surface area contributed by atoms with Gasteiger partial charge < -0.3 is 0 Å². The summed E-state index contributed by atoms with van der Waals surface area (Å²) in [6, 6.07) is 14.9. The van der Waals surface area contributed by atoms with Crippen molar-refractivity contribution in [1.82, 2.24) is 0 Å². The van der Waals surface area contributed by atoms with Crippen LogP contribution in [-0.4, -0.2) is 11.7 Å². The van der Waals surface area contributed by atoms with Gasteiger partial charge in [-0.25, -0.2) is 0 Å². The quantitative estimate of drug-likeness (QED) is 0.475. The lowest BCUT2D eigenvalue weighted by Crippen LogP contribution is -2.05. The van der Waals surface area contributed by atoms with E-state index in [1.54, 1.807) is 18.2 Å². The summed E-state index contributed by atoms with van der Waals surface area (Å²) < 4.78 is 0. The van der Waals surface area contributed by atoms with E-state index in [-0.39, 0.29) is 5.78 Å². The first-order valence-electron chi connectivity index (χ1n) is 6.86. The van der Waals surface area contributed by atoms with E-state index in [0.29, 0.717) is 33.5 Å². The normalized spacial score (nSPS) is 12.0. The van der Waals surface area contributed by atoms with Gasteiger partial charge in [0, 0.05) is 27.1 Å². The molecule has 0 aromatic heterocycles. The topological polar surface area (TPSA) is 17.1 Å². The van der Waals surface area contributed by atoms with Gasteiger partial charge in [-0.05, 0) is 36.6 Å². The van der Waals surface area contributed by atoms with Crippen LogP contribution in [0.2, 0.25) is 10.0 Å². The van der Waals surface area contributed by atoms with Crippen molar-refractivity contribution in [3.05, 3.63) is 75.3 Å². The summed E-state index contributed by atoms with van der Waals surface area (Å²) in [6.45, 7) is 1.54. The van der Waals surface area contributed by atoms with E-state index in [2.05, 4.69) is 0 Å². The predicted octanol–water partition coefficient (Wildman–Crippen LogP) is 6.01. The standard InChI is InChI=1S/C18H15Cl3O/c1-12(22)14(10-11-19)17(13-6-3-2-4-7-13)18-15(20)8-5-9-16(18)21/h2-9H,10-11H2,1H3/b17-14+. The fourth-order valence-corrected chi connectivity index (χ4v) is 3.16. The third-order valence-electron chi connectivity index (χ3n) is 3.35. The Bertz CT molecular complexity index is 685. The maximum Gasteiger partial charge on any atom is 0.156 e. The first kappa shape index (κ1) is 17.1. The fourth-order valence-electron chi connectivity index (χ4n) is 2.38. The molecule has 2 aromatic carbocycles. The third kappa shape index (κ3) is 3.73. The molecule has 0 spiro atoms. The van der Waals surface area contributed by atoms with E-state index < -0.39 is 0 Å². The van der Waals surface area contributed by atoms with E-state index in [1.807, 2.05) is 30.3 Å². The van der Waals surface area contributed by atoms with Gasteiger partial charge in [-0.3, -0.25) is 4.79 Å². The average molecular weight is 354 g/mol. The van der Waals surface area contributed by atoms with Crippen LogP contribution in [0.15, 0.2) is 54.1 Å². The largest absolute Gasteiger partial charge is 0.295 e. The highest BCUT2D eigenvalue weighted by molar-refractivity contribution is 6.38. The number of hydrogen-bond donors (Lipinski definition) is 0. The Morgan fingerprint density at radius 1 is 0.955 bits per heavy atom. The summed E-state index contributed by atoms with van der Waals surface area (Å²) in [4.78, 5) is 12.1. The minimum Gasteiger partial charge on any atom is -0.295 e. The Kier molecular flexibility index (Phi) is 6.07. The molecule has 0 N–H and O–H groups in total. The number of alkyl halides is 1. The van der Waals surface area contributed by atoms with Gasteiger partial charge in [-0.15, -0.1) is 11.6 Å². The Hall–Kier alpha value is -1.28. The van der Waals surface area contributed by atoms with Crippen molar-refractivity contribution < 1.29 is 4.79 Å². The molecule has 0 amide bonds. The van der Waals surface area contributed by atoms with E-state index in [1.165, 1.54) is 6.92 Å². The van der Waals surface area contributed by atoms with Crippen LogP contribution in [-0.2, 0) is 4.79 Å². The van der Waals surface area contributed by atoms with Gasteiger partial charge in [0.1, 0.15) is 0 Å². The van der Waals surface area contributed by atoms with Crippen LogP contribution in [0.5, 0.6) is 0 Å². The minimum atomic E-state index is -0.0320. The van der Waals surface area contributed by atoms with Gasteiger partial charge in [-0.1, -0.05) is 59.6 Å². The number of benzene rings is 2. The minimum absolute atomic E-state index is 0.0320. The van der Waals surface area contributed by atoms with Crippen molar-refractivity contribution in [1.29, 1.82) is 0 Å². The van der Waals surface area contributed by atoms with Gasteiger partial charge in [0.05, 0.1) is 0 Å². The Labute approximate surface area is 145 Å². The maximum absolute atomic E-state index is 12.1. The van der Waals surface area contributed by atoms with E-state index >= 15 is 0 Å². The molecule has 0 fully saturated rings. The van der Waals surface area contributed by atoms with Crippen LogP contribution in [0.3, 0.4) is 0 Å². The molecular weight excluding hydrogens is 339 g/mol. The Morgan fingerprint density at radius 3 is 2.05 bits per heavy atom. The molecule has 0 unspecified atom stereocenters. The SMILES string of the molecule is CC(=O)/C(CCCl)=C(\c1ccccc1)c1c(Cl)cccc1Cl. The van der Waals surface area contributed by atoms with Crippen molar-refractivity contribution >= 4 is 46.2 Å². The molecule has 114 valence electrons. The molecule has 0 radical (unpaired) electrons. The first-order chi connectivity index (χ1) is 10.6. The van der Waals surface area contributed by atoms with Crippen molar-refractivity contribution in [2.45, 2.75) is 13.3 Å². The van der Waals surface area contributed by atoms with Gasteiger partial charge >= 0.3 is 0 Å². The molecule has 22 heavy (non-hydrogen) atoms. The molecule has 0 atom stereocenters. The molecule has 0 saturated carbocycles. The molecule has 1 nitrogen and oxygen atoms in total. The van der Waals surface area contributed by atoms with Crippen LogP contribution >= 0.6 is 34.8 Å². The smallest absolute Gasteiger partial charge is 0.156 e. The number of ketones is 1. The van der Waals surface area contributed by atoms with E-state index in [0.717, 1.165) is 11.1 Å². The molecule has 0 bridgehead atoms. The lowest BCUT2D eigenvalue weighted by Gasteiger charge is -2.16. The molecule has 2 rings (SSSR count). The Balaban J connectivity index is 2.82. The lowest BCUT2D eigenvalue weighted by molar-refractivity contribution is -0.113. The molecule has 2 aromatic rings. The molecule has 4 heteroatoms. The van der Waals surface area contributed by atoms with Crippen LogP contribution in [0.4, 0.5) is 0 Å². The second-order valence-corrected chi connectivity index (χ2v) is 6.00. The summed E-state index contributed by atoms with van der Waals surface area (Å²) >= 11 is 18.6. The molecule has 0 saturated heterocycles. The predicted molar refractivity (Wildman–Crippen MR) is 94.9 cm³/mol. The molecule has 0 aliphatic carbocycles. The van der Waals surface area contributed by atoms with E-state index in [9.17, 15) is 4.79 Å². The highest BCUT2D eigenvalue weighted by Crippen LogP contribution is 2.38. The highest BCUT2D eigenvalue weighted by Gasteiger charge is 2.19. The first-order valence-corrected chi connectivity index (χ1v) is 8.15. The summed E-state index contributed by atoms with van der Waals surface area (Å²) in [6.07, 6.45) is 0.461. The van der Waals surface area contributed by atoms with Crippen LogP contribution in [0.1, 0.15) is 24.5 Å². The Morgan fingerprint density at radius 2 is 1.55 bits per heavy atom. The zero-order chi connectivity index (χ0) is 16.1. The summed E-state index contributed by atoms with van der Waals surface area (Å²) in [5.41, 5.74) is 2.96. The number of allylic oxidation sites excluding steroid dienone is 1. The number of rotatable bonds is 5. The number of carbonyl (C=O) groups excluding carboxylic acids is 1. The molecule has 0 heterocycles. The summed E-state index contributed by atoms with van der Waals surface area (Å²) in [7, 11) is 0. The van der Waals surface area contributed by atoms with Crippen molar-refractivity contribution in [3.8, 4) is 0 Å². The van der Waals surface area contributed by atoms with Crippen molar-refractivity contribution in [2.24, 2.45) is 0 Å². The molecule has 0 aliphatic rings. The van der Waals surface area contributed by atoms with Crippen LogP contribution in [0.25, 0.3) is 5.57 Å². The number of Topliss-reactive ketones (excluding diaryl/α,β-unsaturated/α-hetero) is 1. The monoisotopic (exact) mass is 352 g/mol. The van der Waals surface area contributed by atoms with Gasteiger partial charge in [0.25, 0.3) is 0 Å². The third-order valence-corrected chi connectivity index (χ3v) is 4.17. The van der Waals surface area contributed by atoms with Gasteiger partial charge in [0.15, 0.2) is 5.78 Å². The van der Waals surface area contributed by atoms with Crippen molar-refractivity contribution in [2.75, 3.05) is 5.88 Å². The number of carbonyl (C=O) groups is 1. The van der Waals surface area contributed by atoms with Crippen LogP contribution < -0.4 is 0 Å². The van der Waals surface area contributed by atoms with Gasteiger partial charge in [0.2, 0.25) is 0 Å². The summed E-state index contributed by atoms with van der Waals surface area (Å²) in [5.74, 6) is 0.323. The zero-order valence-electron chi connectivity index (χ0n) is 12.1. The number of hydrogen-bond acceptors (Lipinski definition) is 1. The zero-order valence-corrected chi connectivity index (χ0v) is 14.3. The van der Waals surface area contributed by atoms with Crippen molar-refractivity contribution in [3.63, 3.8) is 0 Å². The lowest BCUT2D eigenvalue weighted by atomic mass is 9.90. The number of halogens is 3. The second-order valence-electron chi connectivity index (χ2n) is 4.81. The maximum atomic E-state index is 12.1. The van der Waals surface area contributed by atoms with Gasteiger partial charge in [-0.2, -0.15) is 0 Å². The molecular formula is C18H15Cl3O. The highest BCUT2D eigenvalue weighted by atomic mass is 35.5. The fraction of sp³-hybridized carbons (Fsp3) is 0.167. The van der Waals surface area contributed by atoms with Crippen LogP contribution in [0, 0.1) is 0 Å². The van der Waals surface area contributed by atoms with E-state index in [4.69, 9.17) is 34.8 Å².